The Bertz CT molecular complexity index is 609. The molecule has 158 valence electrons. The number of ether oxygens (including phenoxy) is 1. The Morgan fingerprint density at radius 3 is 2.11 bits per heavy atom. The van der Waals surface area contributed by atoms with Gasteiger partial charge in [-0.2, -0.15) is 11.8 Å². The zero-order valence-corrected chi connectivity index (χ0v) is 18.9. The smallest absolute Gasteiger partial charge is 0.407 e. The lowest BCUT2D eigenvalue weighted by molar-refractivity contribution is -0.122. The molecule has 5 nitrogen and oxygen atoms in total. The second-order valence-electron chi connectivity index (χ2n) is 8.39. The highest BCUT2D eigenvalue weighted by Gasteiger charge is 2.16. The highest BCUT2D eigenvalue weighted by Crippen LogP contribution is 2.17. The fraction of sp³-hybridized carbons (Fsp3) is 0.636. The van der Waals surface area contributed by atoms with Crippen molar-refractivity contribution in [1.82, 2.24) is 10.6 Å². The van der Waals surface area contributed by atoms with Crippen molar-refractivity contribution in [3.63, 3.8) is 0 Å². The van der Waals surface area contributed by atoms with E-state index >= 15 is 0 Å². The topological polar surface area (TPSA) is 67.4 Å². The average molecular weight is 409 g/mol. The molecule has 1 aromatic carbocycles. The quantitative estimate of drug-likeness (QED) is 0.565. The zero-order valence-electron chi connectivity index (χ0n) is 18.1. The number of carbonyl (C=O) groups excluding carboxylic acids is 2. The molecule has 1 rings (SSSR count). The lowest BCUT2D eigenvalue weighted by Crippen LogP contribution is -2.34. The van der Waals surface area contributed by atoms with E-state index in [1.165, 1.54) is 5.56 Å². The molecule has 6 heteroatoms. The van der Waals surface area contributed by atoms with Crippen LogP contribution in [-0.2, 0) is 16.0 Å². The van der Waals surface area contributed by atoms with Crippen molar-refractivity contribution in [3.8, 4) is 0 Å². The van der Waals surface area contributed by atoms with Crippen LogP contribution in [0.3, 0.4) is 0 Å². The molecule has 1 atom stereocenters. The fourth-order valence-corrected chi connectivity index (χ4v) is 3.30. The Labute approximate surface area is 174 Å². The maximum Gasteiger partial charge on any atom is 0.407 e. The Morgan fingerprint density at radius 1 is 1.00 bits per heavy atom. The third-order valence-corrected chi connectivity index (χ3v) is 4.96. The summed E-state index contributed by atoms with van der Waals surface area (Å²) in [6.45, 7) is 13.0. The van der Waals surface area contributed by atoms with Crippen molar-refractivity contribution in [1.29, 1.82) is 0 Å². The first kappa shape index (κ1) is 24.3. The molecule has 0 heterocycles. The molecule has 1 unspecified atom stereocenters. The molecule has 0 aromatic heterocycles. The lowest BCUT2D eigenvalue weighted by atomic mass is 9.96. The molecule has 1 aromatic rings. The fourth-order valence-electron chi connectivity index (χ4n) is 2.61. The van der Waals surface area contributed by atoms with E-state index in [2.05, 4.69) is 48.7 Å². The van der Waals surface area contributed by atoms with E-state index in [1.54, 1.807) is 11.8 Å². The van der Waals surface area contributed by atoms with Crippen LogP contribution in [0, 0.1) is 5.92 Å². The maximum absolute atomic E-state index is 12.3. The highest BCUT2D eigenvalue weighted by molar-refractivity contribution is 7.99. The number of benzene rings is 1. The van der Waals surface area contributed by atoms with Crippen molar-refractivity contribution in [2.45, 2.75) is 59.5 Å². The van der Waals surface area contributed by atoms with E-state index in [0.717, 1.165) is 23.5 Å². The molecule has 0 radical (unpaired) electrons. The van der Waals surface area contributed by atoms with Gasteiger partial charge in [0.25, 0.3) is 0 Å². The summed E-state index contributed by atoms with van der Waals surface area (Å²) < 4.78 is 5.18. The number of thioether (sulfide) groups is 1. The van der Waals surface area contributed by atoms with Gasteiger partial charge in [0.05, 0.1) is 5.92 Å². The second kappa shape index (κ2) is 12.0. The summed E-state index contributed by atoms with van der Waals surface area (Å²) in [6, 6.07) is 8.34. The van der Waals surface area contributed by atoms with Crippen LogP contribution in [0.25, 0.3) is 0 Å². The van der Waals surface area contributed by atoms with Gasteiger partial charge in [0.15, 0.2) is 0 Å². The molecule has 0 saturated carbocycles. The minimum Gasteiger partial charge on any atom is -0.444 e. The van der Waals surface area contributed by atoms with Crippen LogP contribution in [0.5, 0.6) is 0 Å². The summed E-state index contributed by atoms with van der Waals surface area (Å²) in [4.78, 5) is 23.8. The standard InChI is InChI=1S/C22H36N2O3S/c1-16(2)15-18-7-9-19(10-8-18)17(3)20(25)23-11-13-28-14-12-24-21(26)27-22(4,5)6/h7-10,16-17H,11-15H2,1-6H3,(H,23,25)(H,24,26). The zero-order chi connectivity index (χ0) is 21.2. The molecule has 0 saturated heterocycles. The van der Waals surface area contributed by atoms with Crippen LogP contribution in [0.2, 0.25) is 0 Å². The number of nitrogens with one attached hydrogen (secondary N) is 2. The first-order valence-corrected chi connectivity index (χ1v) is 11.1. The van der Waals surface area contributed by atoms with E-state index in [9.17, 15) is 9.59 Å². The molecule has 28 heavy (non-hydrogen) atoms. The Morgan fingerprint density at radius 2 is 1.57 bits per heavy atom. The van der Waals surface area contributed by atoms with Gasteiger partial charge in [-0.25, -0.2) is 4.79 Å². The van der Waals surface area contributed by atoms with Crippen LogP contribution >= 0.6 is 11.8 Å². The Balaban J connectivity index is 2.20. The van der Waals surface area contributed by atoms with E-state index < -0.39 is 11.7 Å². The predicted molar refractivity (Wildman–Crippen MR) is 118 cm³/mol. The molecule has 0 aliphatic heterocycles. The molecule has 0 aliphatic rings. The third kappa shape index (κ3) is 10.6. The minimum atomic E-state index is -0.479. The summed E-state index contributed by atoms with van der Waals surface area (Å²) in [7, 11) is 0. The third-order valence-electron chi connectivity index (χ3n) is 3.98. The van der Waals surface area contributed by atoms with Gasteiger partial charge in [-0.3, -0.25) is 4.79 Å². The first-order valence-electron chi connectivity index (χ1n) is 9.99. The monoisotopic (exact) mass is 408 g/mol. The summed E-state index contributed by atoms with van der Waals surface area (Å²) in [6.07, 6.45) is 0.663. The molecule has 2 N–H and O–H groups in total. The van der Waals surface area contributed by atoms with Crippen molar-refractivity contribution in [3.05, 3.63) is 35.4 Å². The van der Waals surface area contributed by atoms with Gasteiger partial charge >= 0.3 is 6.09 Å². The molecule has 0 fully saturated rings. The van der Waals surface area contributed by atoms with Gasteiger partial charge in [0.1, 0.15) is 5.60 Å². The summed E-state index contributed by atoms with van der Waals surface area (Å²) in [5.41, 5.74) is 1.87. The maximum atomic E-state index is 12.3. The van der Waals surface area contributed by atoms with Crippen LogP contribution in [0.4, 0.5) is 4.79 Å². The summed E-state index contributed by atoms with van der Waals surface area (Å²) in [5.74, 6) is 2.10. The number of hydrogen-bond donors (Lipinski definition) is 2. The molecular weight excluding hydrogens is 372 g/mol. The minimum absolute atomic E-state index is 0.0455. The summed E-state index contributed by atoms with van der Waals surface area (Å²) >= 11 is 1.69. The van der Waals surface area contributed by atoms with Crippen LogP contribution in [0.1, 0.15) is 58.6 Å². The molecular formula is C22H36N2O3S. The van der Waals surface area contributed by atoms with E-state index in [1.807, 2.05) is 27.7 Å². The lowest BCUT2D eigenvalue weighted by Gasteiger charge is -2.19. The number of carbonyl (C=O) groups is 2. The number of rotatable bonds is 10. The van der Waals surface area contributed by atoms with E-state index in [4.69, 9.17) is 4.74 Å². The number of hydrogen-bond acceptors (Lipinski definition) is 4. The van der Waals surface area contributed by atoms with Crippen molar-refractivity contribution in [2.75, 3.05) is 24.6 Å². The largest absolute Gasteiger partial charge is 0.444 e. The van der Waals surface area contributed by atoms with Crippen molar-refractivity contribution < 1.29 is 14.3 Å². The highest BCUT2D eigenvalue weighted by atomic mass is 32.2. The van der Waals surface area contributed by atoms with Crippen molar-refractivity contribution >= 4 is 23.8 Å². The van der Waals surface area contributed by atoms with E-state index in [-0.39, 0.29) is 11.8 Å². The van der Waals surface area contributed by atoms with Crippen LogP contribution in [-0.4, -0.2) is 42.2 Å². The molecule has 2 amide bonds. The Hall–Kier alpha value is -1.69. The van der Waals surface area contributed by atoms with Crippen LogP contribution < -0.4 is 10.6 Å². The van der Waals surface area contributed by atoms with Gasteiger partial charge in [0, 0.05) is 24.6 Å². The first-order chi connectivity index (χ1) is 13.1. The number of amides is 2. The number of alkyl carbamates (subject to hydrolysis) is 1. The normalized spacial score (nSPS) is 12.5. The molecule has 0 spiro atoms. The molecule has 0 aliphatic carbocycles. The SMILES string of the molecule is CC(C)Cc1ccc(C(C)C(=O)NCCSCCNC(=O)OC(C)(C)C)cc1. The summed E-state index contributed by atoms with van der Waals surface area (Å²) in [5, 5.41) is 5.71. The molecule has 0 bridgehead atoms. The van der Waals surface area contributed by atoms with Gasteiger partial charge in [-0.1, -0.05) is 38.1 Å². The predicted octanol–water partition coefficient (Wildman–Crippen LogP) is 4.36. The van der Waals surface area contributed by atoms with Gasteiger partial charge in [-0.05, 0) is 51.2 Å². The van der Waals surface area contributed by atoms with Gasteiger partial charge in [-0.15, -0.1) is 0 Å². The van der Waals surface area contributed by atoms with Crippen molar-refractivity contribution in [2.24, 2.45) is 5.92 Å². The van der Waals surface area contributed by atoms with Gasteiger partial charge in [0.2, 0.25) is 5.91 Å². The Kier molecular flexibility index (Phi) is 10.4. The second-order valence-corrected chi connectivity index (χ2v) is 9.62. The van der Waals surface area contributed by atoms with Gasteiger partial charge < -0.3 is 15.4 Å². The average Bonchev–Trinajstić information content (AvgIpc) is 2.58. The van der Waals surface area contributed by atoms with E-state index in [0.29, 0.717) is 19.0 Å². The van der Waals surface area contributed by atoms with Crippen LogP contribution in [0.15, 0.2) is 24.3 Å².